The van der Waals surface area contributed by atoms with Gasteiger partial charge < -0.3 is 10.3 Å². The van der Waals surface area contributed by atoms with E-state index in [0.717, 1.165) is 5.56 Å². The van der Waals surface area contributed by atoms with Crippen molar-refractivity contribution in [3.05, 3.63) is 30.6 Å². The van der Waals surface area contributed by atoms with E-state index >= 15 is 0 Å². The van der Waals surface area contributed by atoms with Gasteiger partial charge in [-0.25, -0.2) is 0 Å². The molecule has 0 aliphatic carbocycles. The average Bonchev–Trinajstić information content (AvgIpc) is 2.98. The van der Waals surface area contributed by atoms with Crippen LogP contribution >= 0.6 is 0 Å². The number of rotatable bonds is 2. The lowest BCUT2D eigenvalue weighted by molar-refractivity contribution is 0.431. The number of hydrogen-bond donors (Lipinski definition) is 2. The molecule has 7 nitrogen and oxygen atoms in total. The van der Waals surface area contributed by atoms with Gasteiger partial charge in [0.05, 0.1) is 0 Å². The van der Waals surface area contributed by atoms with E-state index in [1.54, 1.807) is 30.6 Å². The zero-order valence-electron chi connectivity index (χ0n) is 8.66. The summed E-state index contributed by atoms with van der Waals surface area (Å²) in [6.45, 7) is 0. The summed E-state index contributed by atoms with van der Waals surface area (Å²) in [6.07, 6.45) is 3.33. The molecule has 0 bridgehead atoms. The van der Waals surface area contributed by atoms with Crippen LogP contribution in [0.25, 0.3) is 23.0 Å². The van der Waals surface area contributed by atoms with Crippen molar-refractivity contribution in [2.45, 2.75) is 0 Å². The number of H-pyrrole nitrogens is 1. The molecule has 3 N–H and O–H groups in total. The van der Waals surface area contributed by atoms with Crippen LogP contribution in [-0.4, -0.2) is 25.3 Å². The molecule has 3 aromatic rings. The fraction of sp³-hybridized carbons (Fsp3) is 0. The smallest absolute Gasteiger partial charge is 0.276 e. The Kier molecular flexibility index (Phi) is 2.08. The van der Waals surface area contributed by atoms with Crippen molar-refractivity contribution in [1.29, 1.82) is 0 Å². The van der Waals surface area contributed by atoms with E-state index in [-0.39, 0.29) is 0 Å². The predicted molar refractivity (Wildman–Crippen MR) is 59.5 cm³/mol. The third-order valence-electron chi connectivity index (χ3n) is 2.19. The molecule has 0 amide bonds. The van der Waals surface area contributed by atoms with Gasteiger partial charge in [0.1, 0.15) is 11.5 Å². The summed E-state index contributed by atoms with van der Waals surface area (Å²) >= 11 is 0. The Morgan fingerprint density at radius 2 is 2.06 bits per heavy atom. The van der Waals surface area contributed by atoms with E-state index in [4.69, 9.17) is 10.3 Å². The predicted octanol–water partition coefficient (Wildman–Crippen LogP) is 1.10. The summed E-state index contributed by atoms with van der Waals surface area (Å²) in [4.78, 5) is 8.15. The number of nitrogens with one attached hydrogen (secondary N) is 1. The number of nitrogen functional groups attached to an aromatic ring is 1. The largest absolute Gasteiger partial charge is 0.382 e. The topological polar surface area (TPSA) is 107 Å². The maximum Gasteiger partial charge on any atom is 0.276 e. The standard InChI is InChI=1S/C10H8N6O/c11-8-5-7(14-15-8)10-13-9(16-17-10)6-1-3-12-4-2-6/h1-5H,(H3,11,14,15). The zero-order chi connectivity index (χ0) is 11.7. The van der Waals surface area contributed by atoms with Crippen molar-refractivity contribution >= 4 is 5.82 Å². The summed E-state index contributed by atoms with van der Waals surface area (Å²) in [6, 6.07) is 5.23. The molecule has 7 heteroatoms. The van der Waals surface area contributed by atoms with E-state index in [0.29, 0.717) is 23.2 Å². The number of nitrogens with two attached hydrogens (primary N) is 1. The Morgan fingerprint density at radius 3 is 2.76 bits per heavy atom. The van der Waals surface area contributed by atoms with Crippen molar-refractivity contribution in [2.24, 2.45) is 0 Å². The van der Waals surface area contributed by atoms with Gasteiger partial charge in [0, 0.05) is 24.0 Å². The molecule has 0 unspecified atom stereocenters. The maximum absolute atomic E-state index is 5.49. The number of aromatic nitrogens is 5. The second kappa shape index (κ2) is 3.71. The monoisotopic (exact) mass is 228 g/mol. The van der Waals surface area contributed by atoms with Gasteiger partial charge in [-0.05, 0) is 12.1 Å². The highest BCUT2D eigenvalue weighted by Gasteiger charge is 2.12. The summed E-state index contributed by atoms with van der Waals surface area (Å²) in [5.41, 5.74) is 6.92. The number of aromatic amines is 1. The second-order valence-electron chi connectivity index (χ2n) is 3.37. The number of anilines is 1. The molecular weight excluding hydrogens is 220 g/mol. The van der Waals surface area contributed by atoms with Crippen molar-refractivity contribution in [1.82, 2.24) is 25.3 Å². The van der Waals surface area contributed by atoms with Crippen LogP contribution in [0.5, 0.6) is 0 Å². The molecule has 0 saturated carbocycles. The van der Waals surface area contributed by atoms with Crippen molar-refractivity contribution in [3.63, 3.8) is 0 Å². The SMILES string of the molecule is Nc1cc(-c2nc(-c3ccncc3)no2)[nH]n1. The molecule has 3 aromatic heterocycles. The molecule has 0 spiro atoms. The minimum atomic E-state index is 0.348. The first-order valence-corrected chi connectivity index (χ1v) is 4.88. The van der Waals surface area contributed by atoms with Gasteiger partial charge in [0.2, 0.25) is 5.82 Å². The van der Waals surface area contributed by atoms with E-state index in [2.05, 4.69) is 25.3 Å². The first-order valence-electron chi connectivity index (χ1n) is 4.88. The highest BCUT2D eigenvalue weighted by Crippen LogP contribution is 2.20. The van der Waals surface area contributed by atoms with E-state index in [9.17, 15) is 0 Å². The minimum Gasteiger partial charge on any atom is -0.382 e. The molecule has 17 heavy (non-hydrogen) atoms. The van der Waals surface area contributed by atoms with Crippen molar-refractivity contribution < 1.29 is 4.52 Å². The van der Waals surface area contributed by atoms with E-state index in [1.807, 2.05) is 0 Å². The molecule has 0 atom stereocenters. The highest BCUT2D eigenvalue weighted by atomic mass is 16.5. The van der Waals surface area contributed by atoms with Gasteiger partial charge in [-0.15, -0.1) is 0 Å². The fourth-order valence-corrected chi connectivity index (χ4v) is 1.40. The molecule has 0 saturated heterocycles. The Bertz CT molecular complexity index is 629. The maximum atomic E-state index is 5.49. The van der Waals surface area contributed by atoms with Crippen LogP contribution in [0, 0.1) is 0 Å². The molecular formula is C10H8N6O. The van der Waals surface area contributed by atoms with Crippen molar-refractivity contribution in [3.8, 4) is 23.0 Å². The van der Waals surface area contributed by atoms with Crippen LogP contribution in [0.4, 0.5) is 5.82 Å². The highest BCUT2D eigenvalue weighted by molar-refractivity contribution is 5.58. The average molecular weight is 228 g/mol. The number of pyridine rings is 1. The van der Waals surface area contributed by atoms with Gasteiger partial charge in [0.25, 0.3) is 5.89 Å². The normalized spacial score (nSPS) is 10.6. The van der Waals surface area contributed by atoms with E-state index < -0.39 is 0 Å². The summed E-state index contributed by atoms with van der Waals surface area (Å²) in [7, 11) is 0. The molecule has 3 heterocycles. The molecule has 0 aliphatic rings. The third-order valence-corrected chi connectivity index (χ3v) is 2.19. The van der Waals surface area contributed by atoms with Gasteiger partial charge >= 0.3 is 0 Å². The molecule has 0 fully saturated rings. The van der Waals surface area contributed by atoms with Crippen LogP contribution in [0.3, 0.4) is 0 Å². The summed E-state index contributed by atoms with van der Waals surface area (Å²) in [5, 5.41) is 10.4. The Morgan fingerprint density at radius 1 is 1.24 bits per heavy atom. The Hall–Kier alpha value is -2.70. The molecule has 0 aromatic carbocycles. The van der Waals surface area contributed by atoms with Gasteiger partial charge in [-0.1, -0.05) is 5.16 Å². The molecule has 84 valence electrons. The first kappa shape index (κ1) is 9.52. The van der Waals surface area contributed by atoms with Crippen LogP contribution in [0.1, 0.15) is 0 Å². The third kappa shape index (κ3) is 1.73. The van der Waals surface area contributed by atoms with Crippen LogP contribution in [0.2, 0.25) is 0 Å². The minimum absolute atomic E-state index is 0.348. The lowest BCUT2D eigenvalue weighted by atomic mass is 10.2. The molecule has 0 aliphatic heterocycles. The Balaban J connectivity index is 1.99. The lowest BCUT2D eigenvalue weighted by Gasteiger charge is -1.89. The molecule has 0 radical (unpaired) electrons. The van der Waals surface area contributed by atoms with Crippen LogP contribution < -0.4 is 5.73 Å². The number of hydrogen-bond acceptors (Lipinski definition) is 6. The lowest BCUT2D eigenvalue weighted by Crippen LogP contribution is -1.81. The molecule has 3 rings (SSSR count). The second-order valence-corrected chi connectivity index (χ2v) is 3.37. The van der Waals surface area contributed by atoms with E-state index in [1.165, 1.54) is 0 Å². The zero-order valence-corrected chi connectivity index (χ0v) is 8.66. The van der Waals surface area contributed by atoms with Crippen molar-refractivity contribution in [2.75, 3.05) is 5.73 Å². The quantitative estimate of drug-likeness (QED) is 0.680. The van der Waals surface area contributed by atoms with Crippen LogP contribution in [0.15, 0.2) is 35.1 Å². The van der Waals surface area contributed by atoms with Crippen LogP contribution in [-0.2, 0) is 0 Å². The summed E-state index contributed by atoms with van der Waals surface area (Å²) < 4.78 is 5.11. The van der Waals surface area contributed by atoms with Gasteiger partial charge in [0.15, 0.2) is 0 Å². The van der Waals surface area contributed by atoms with Gasteiger partial charge in [-0.2, -0.15) is 10.1 Å². The number of nitrogens with zero attached hydrogens (tertiary/aromatic N) is 4. The first-order chi connectivity index (χ1) is 8.33. The Labute approximate surface area is 95.7 Å². The van der Waals surface area contributed by atoms with Gasteiger partial charge in [-0.3, -0.25) is 10.1 Å². The summed E-state index contributed by atoms with van der Waals surface area (Å²) in [5.74, 6) is 1.22. The fourth-order valence-electron chi connectivity index (χ4n) is 1.40.